The summed E-state index contributed by atoms with van der Waals surface area (Å²) in [6.45, 7) is 4.78. The van der Waals surface area contributed by atoms with Gasteiger partial charge in [-0.3, -0.25) is 19.0 Å². The van der Waals surface area contributed by atoms with E-state index in [4.69, 9.17) is 9.47 Å². The fraction of sp³-hybridized carbons (Fsp3) is 0.391. The fourth-order valence-electron chi connectivity index (χ4n) is 3.55. The molecule has 0 saturated heterocycles. The zero-order chi connectivity index (χ0) is 23.4. The Balaban J connectivity index is 1.17. The molecule has 2 aromatic heterocycles. The first kappa shape index (κ1) is 22.8. The Bertz CT molecular complexity index is 1240. The highest BCUT2D eigenvalue weighted by molar-refractivity contribution is 7.18. The summed E-state index contributed by atoms with van der Waals surface area (Å²) in [6.07, 6.45) is 1.91. The van der Waals surface area contributed by atoms with E-state index in [0.29, 0.717) is 47.8 Å². The minimum atomic E-state index is -0.297. The molecule has 174 valence electrons. The van der Waals surface area contributed by atoms with Gasteiger partial charge in [-0.15, -0.1) is 11.3 Å². The summed E-state index contributed by atoms with van der Waals surface area (Å²) in [5, 5.41) is 6.15. The van der Waals surface area contributed by atoms with Crippen LogP contribution in [-0.4, -0.2) is 47.2 Å². The zero-order valence-electron chi connectivity index (χ0n) is 18.6. The molecule has 3 heterocycles. The Hall–Kier alpha value is -3.40. The monoisotopic (exact) mass is 470 g/mol. The number of amides is 2. The van der Waals surface area contributed by atoms with Gasteiger partial charge < -0.3 is 20.1 Å². The van der Waals surface area contributed by atoms with Gasteiger partial charge in [-0.1, -0.05) is 12.1 Å². The molecule has 4 rings (SSSR count). The van der Waals surface area contributed by atoms with Crippen molar-refractivity contribution < 1.29 is 19.1 Å². The van der Waals surface area contributed by atoms with Crippen LogP contribution in [0.1, 0.15) is 23.3 Å². The maximum Gasteiger partial charge on any atom is 0.262 e. The number of carbonyl (C=O) groups excluding carboxylic acids is 2. The van der Waals surface area contributed by atoms with E-state index in [1.165, 1.54) is 22.2 Å². The summed E-state index contributed by atoms with van der Waals surface area (Å²) < 4.78 is 12.8. The van der Waals surface area contributed by atoms with Crippen LogP contribution in [0.25, 0.3) is 10.2 Å². The summed E-state index contributed by atoms with van der Waals surface area (Å²) in [5.41, 5.74) is 0.690. The van der Waals surface area contributed by atoms with Crippen molar-refractivity contribution in [1.82, 2.24) is 20.2 Å². The number of benzene rings is 1. The molecule has 9 nitrogen and oxygen atoms in total. The number of hydrogen-bond acceptors (Lipinski definition) is 7. The molecule has 1 aromatic carbocycles. The molecule has 2 amide bonds. The average Bonchev–Trinajstić information content (AvgIpc) is 3.11. The van der Waals surface area contributed by atoms with Crippen LogP contribution in [0.2, 0.25) is 0 Å². The van der Waals surface area contributed by atoms with Crippen molar-refractivity contribution in [3.8, 4) is 11.5 Å². The highest BCUT2D eigenvalue weighted by atomic mass is 32.1. The number of fused-ring (bicyclic) bond motifs is 2. The van der Waals surface area contributed by atoms with E-state index in [-0.39, 0.29) is 36.4 Å². The summed E-state index contributed by atoms with van der Waals surface area (Å²) in [6, 6.07) is 7.42. The van der Waals surface area contributed by atoms with E-state index in [1.54, 1.807) is 0 Å². The number of hydrogen-bond donors (Lipinski definition) is 2. The first-order valence-electron chi connectivity index (χ1n) is 10.8. The molecule has 10 heteroatoms. The van der Waals surface area contributed by atoms with Gasteiger partial charge in [0.15, 0.2) is 11.5 Å². The molecule has 1 aliphatic rings. The van der Waals surface area contributed by atoms with E-state index < -0.39 is 0 Å². The third kappa shape index (κ3) is 5.33. The van der Waals surface area contributed by atoms with E-state index >= 15 is 0 Å². The lowest BCUT2D eigenvalue weighted by molar-refractivity contribution is -0.123. The van der Waals surface area contributed by atoms with Gasteiger partial charge in [-0.25, -0.2) is 4.98 Å². The standard InChI is InChI=1S/C23H26N4O5S/c1-14-15(2)33-22-21(14)23(30)27(13-26-22)11-20(29)24-9-5-8-19(28)25-10-16-12-31-17-6-3-4-7-18(17)32-16/h3-4,6-7,13,16H,5,8-12H2,1-2H3,(H,24,29)(H,25,28)/t16-/m0/s1. The van der Waals surface area contributed by atoms with Crippen LogP contribution in [0.3, 0.4) is 0 Å². The summed E-state index contributed by atoms with van der Waals surface area (Å²) in [5.74, 6) is 0.952. The van der Waals surface area contributed by atoms with E-state index in [2.05, 4.69) is 15.6 Å². The van der Waals surface area contributed by atoms with E-state index in [1.807, 2.05) is 38.1 Å². The molecule has 1 aliphatic heterocycles. The Morgan fingerprint density at radius 1 is 1.18 bits per heavy atom. The van der Waals surface area contributed by atoms with Crippen molar-refractivity contribution >= 4 is 33.4 Å². The number of rotatable bonds is 8. The lowest BCUT2D eigenvalue weighted by Gasteiger charge is -2.26. The van der Waals surface area contributed by atoms with Crippen LogP contribution in [0.4, 0.5) is 0 Å². The first-order valence-corrected chi connectivity index (χ1v) is 11.6. The molecule has 33 heavy (non-hydrogen) atoms. The van der Waals surface area contributed by atoms with Gasteiger partial charge in [0.25, 0.3) is 5.56 Å². The van der Waals surface area contributed by atoms with Crippen molar-refractivity contribution in [3.05, 3.63) is 51.4 Å². The molecular weight excluding hydrogens is 444 g/mol. The molecular formula is C23H26N4O5S. The molecule has 0 aliphatic carbocycles. The zero-order valence-corrected chi connectivity index (χ0v) is 19.4. The van der Waals surface area contributed by atoms with Gasteiger partial charge in [0.1, 0.15) is 24.1 Å². The van der Waals surface area contributed by atoms with Crippen molar-refractivity contribution in [2.45, 2.75) is 39.3 Å². The fourth-order valence-corrected chi connectivity index (χ4v) is 4.54. The molecule has 0 fully saturated rings. The van der Waals surface area contributed by atoms with Crippen molar-refractivity contribution in [2.24, 2.45) is 0 Å². The number of nitrogens with one attached hydrogen (secondary N) is 2. The highest BCUT2D eigenvalue weighted by Crippen LogP contribution is 2.30. The predicted molar refractivity (Wildman–Crippen MR) is 125 cm³/mol. The van der Waals surface area contributed by atoms with Crippen molar-refractivity contribution in [2.75, 3.05) is 19.7 Å². The highest BCUT2D eigenvalue weighted by Gasteiger charge is 2.21. The van der Waals surface area contributed by atoms with E-state index in [9.17, 15) is 14.4 Å². The molecule has 3 aromatic rings. The third-order valence-corrected chi connectivity index (χ3v) is 6.58. The number of nitrogens with zero attached hydrogens (tertiary/aromatic N) is 2. The Morgan fingerprint density at radius 3 is 2.79 bits per heavy atom. The maximum atomic E-state index is 12.7. The molecule has 1 atom stereocenters. The quantitative estimate of drug-likeness (QED) is 0.487. The second-order valence-corrected chi connectivity index (χ2v) is 9.10. The summed E-state index contributed by atoms with van der Waals surface area (Å²) >= 11 is 1.47. The molecule has 0 unspecified atom stereocenters. The predicted octanol–water partition coefficient (Wildman–Crippen LogP) is 1.93. The first-order chi connectivity index (χ1) is 15.9. The number of aromatic nitrogens is 2. The van der Waals surface area contributed by atoms with Crippen molar-refractivity contribution in [1.29, 1.82) is 0 Å². The van der Waals surface area contributed by atoms with Crippen LogP contribution >= 0.6 is 11.3 Å². The number of aryl methyl sites for hydroxylation is 2. The Morgan fingerprint density at radius 2 is 1.97 bits per heavy atom. The van der Waals surface area contributed by atoms with Gasteiger partial charge >= 0.3 is 0 Å². The van der Waals surface area contributed by atoms with Crippen LogP contribution < -0.4 is 25.7 Å². The Labute approximate surface area is 194 Å². The lowest BCUT2D eigenvalue weighted by Crippen LogP contribution is -2.40. The maximum absolute atomic E-state index is 12.7. The average molecular weight is 471 g/mol. The summed E-state index contributed by atoms with van der Waals surface area (Å²) in [7, 11) is 0. The molecule has 0 saturated carbocycles. The lowest BCUT2D eigenvalue weighted by atomic mass is 10.2. The largest absolute Gasteiger partial charge is 0.486 e. The number of thiophene rings is 1. The van der Waals surface area contributed by atoms with Crippen LogP contribution in [-0.2, 0) is 16.1 Å². The summed E-state index contributed by atoms with van der Waals surface area (Å²) in [4.78, 5) is 43.0. The van der Waals surface area contributed by atoms with Crippen LogP contribution in [0, 0.1) is 13.8 Å². The molecule has 0 radical (unpaired) electrons. The van der Waals surface area contributed by atoms with Gasteiger partial charge in [0.05, 0.1) is 18.3 Å². The van der Waals surface area contributed by atoms with Gasteiger partial charge in [-0.2, -0.15) is 0 Å². The van der Waals surface area contributed by atoms with Gasteiger partial charge in [0, 0.05) is 17.8 Å². The second kappa shape index (κ2) is 10.0. The minimum absolute atomic E-state index is 0.108. The number of ether oxygens (including phenoxy) is 2. The Kier molecular flexibility index (Phi) is 6.93. The van der Waals surface area contributed by atoms with Gasteiger partial charge in [-0.05, 0) is 38.0 Å². The minimum Gasteiger partial charge on any atom is -0.486 e. The second-order valence-electron chi connectivity index (χ2n) is 7.90. The number of para-hydroxylation sites is 2. The van der Waals surface area contributed by atoms with Crippen LogP contribution in [0.5, 0.6) is 11.5 Å². The molecule has 0 bridgehead atoms. The topological polar surface area (TPSA) is 112 Å². The van der Waals surface area contributed by atoms with Crippen molar-refractivity contribution in [3.63, 3.8) is 0 Å². The normalized spacial score (nSPS) is 14.8. The SMILES string of the molecule is Cc1sc2ncn(CC(=O)NCCCC(=O)NC[C@H]3COc4ccccc4O3)c(=O)c2c1C. The smallest absolute Gasteiger partial charge is 0.262 e. The van der Waals surface area contributed by atoms with E-state index in [0.717, 1.165) is 10.4 Å². The molecule has 0 spiro atoms. The van der Waals surface area contributed by atoms with Crippen LogP contribution in [0.15, 0.2) is 35.4 Å². The third-order valence-electron chi connectivity index (χ3n) is 5.47. The number of carbonyl (C=O) groups is 2. The molecule has 2 N–H and O–H groups in total. The van der Waals surface area contributed by atoms with Gasteiger partial charge in [0.2, 0.25) is 11.8 Å².